The van der Waals surface area contributed by atoms with Gasteiger partial charge in [-0.2, -0.15) is 0 Å². The van der Waals surface area contributed by atoms with Gasteiger partial charge >= 0.3 is 0 Å². The highest BCUT2D eigenvalue weighted by molar-refractivity contribution is 6.25. The number of nitro groups is 2. The molecule has 3 aliphatic rings. The van der Waals surface area contributed by atoms with Crippen LogP contribution in [-0.2, 0) is 14.4 Å². The third-order valence-electron chi connectivity index (χ3n) is 7.67. The number of nitrogens with one attached hydrogen (secondary N) is 1. The third-order valence-corrected chi connectivity index (χ3v) is 7.67. The van der Waals surface area contributed by atoms with Crippen molar-refractivity contribution in [3.8, 4) is 0 Å². The van der Waals surface area contributed by atoms with Gasteiger partial charge in [0.25, 0.3) is 11.4 Å². The van der Waals surface area contributed by atoms with Gasteiger partial charge in [0.05, 0.1) is 33.4 Å². The summed E-state index contributed by atoms with van der Waals surface area (Å²) in [6.07, 6.45) is 3.65. The Labute approximate surface area is 226 Å². The zero-order valence-corrected chi connectivity index (χ0v) is 21.0. The normalized spacial score (nSPS) is 22.5. The van der Waals surface area contributed by atoms with Crippen LogP contribution in [0.25, 0.3) is 6.08 Å². The summed E-state index contributed by atoms with van der Waals surface area (Å²) in [5.41, 5.74) is 2.00. The maximum Gasteiger partial charge on any atom is 0.271 e. The van der Waals surface area contributed by atoms with Crippen molar-refractivity contribution < 1.29 is 24.2 Å². The Bertz CT molecular complexity index is 1650. The second kappa shape index (κ2) is 9.12. The quantitative estimate of drug-likeness (QED) is 0.291. The lowest BCUT2D eigenvalue weighted by atomic mass is 9.88. The summed E-state index contributed by atoms with van der Waals surface area (Å²) in [5.74, 6) is -3.71. The zero-order valence-electron chi connectivity index (χ0n) is 21.0. The molecule has 0 aromatic heterocycles. The molecule has 3 aliphatic heterocycles. The van der Waals surface area contributed by atoms with Crippen LogP contribution in [0, 0.1) is 39.0 Å². The minimum Gasteiger partial charge on any atom is -0.351 e. The fourth-order valence-corrected chi connectivity index (χ4v) is 5.89. The van der Waals surface area contributed by atoms with E-state index >= 15 is 0 Å². The second-order valence-corrected chi connectivity index (χ2v) is 9.85. The number of nitro benzene ring substituents is 2. The molecular weight excluding hydrogens is 518 g/mol. The van der Waals surface area contributed by atoms with Crippen molar-refractivity contribution in [3.05, 3.63) is 104 Å². The second-order valence-electron chi connectivity index (χ2n) is 9.85. The van der Waals surface area contributed by atoms with Crippen LogP contribution in [0.4, 0.5) is 28.4 Å². The molecule has 12 heteroatoms. The first kappa shape index (κ1) is 24.9. The monoisotopic (exact) mass is 539 g/mol. The van der Waals surface area contributed by atoms with Crippen molar-refractivity contribution >= 4 is 52.2 Å². The van der Waals surface area contributed by atoms with Crippen LogP contribution in [0.2, 0.25) is 0 Å². The van der Waals surface area contributed by atoms with Crippen molar-refractivity contribution in [3.63, 3.8) is 0 Å². The van der Waals surface area contributed by atoms with Crippen LogP contribution in [0.5, 0.6) is 0 Å². The van der Waals surface area contributed by atoms with Gasteiger partial charge in [0, 0.05) is 35.6 Å². The number of hydrogen-bond donors (Lipinski definition) is 1. The van der Waals surface area contributed by atoms with E-state index in [9.17, 15) is 34.6 Å². The molecule has 2 fully saturated rings. The molecule has 0 saturated carbocycles. The van der Waals surface area contributed by atoms with Gasteiger partial charge in [-0.15, -0.1) is 0 Å². The number of benzene rings is 3. The molecule has 4 unspecified atom stereocenters. The third kappa shape index (κ3) is 3.72. The summed E-state index contributed by atoms with van der Waals surface area (Å²) in [7, 11) is 0. The number of non-ortho nitro benzene ring substituents is 2. The molecule has 6 rings (SSSR count). The first-order chi connectivity index (χ1) is 19.2. The Morgan fingerprint density at radius 1 is 0.850 bits per heavy atom. The number of fused-ring (bicyclic) bond motifs is 5. The Kier molecular flexibility index (Phi) is 5.68. The molecule has 1 N–H and O–H groups in total. The van der Waals surface area contributed by atoms with E-state index in [0.717, 1.165) is 10.5 Å². The fraction of sp³-hybridized carbons (Fsp3) is 0.179. The smallest absolute Gasteiger partial charge is 0.271 e. The summed E-state index contributed by atoms with van der Waals surface area (Å²) in [6, 6.07) is 14.9. The number of aryl methyl sites for hydroxylation is 1. The number of carbonyl (C=O) groups is 3. The molecule has 12 nitrogen and oxygen atoms in total. The Balaban J connectivity index is 1.43. The molecular formula is C28H21N5O7. The first-order valence-corrected chi connectivity index (χ1v) is 12.4. The highest BCUT2D eigenvalue weighted by atomic mass is 16.6. The molecule has 0 spiro atoms. The highest BCUT2D eigenvalue weighted by Gasteiger charge is 2.64. The number of rotatable bonds is 5. The summed E-state index contributed by atoms with van der Waals surface area (Å²) >= 11 is 0. The average Bonchev–Trinajstić information content (AvgIpc) is 3.42. The number of nitrogens with zero attached hydrogens (tertiary/aromatic N) is 4. The van der Waals surface area contributed by atoms with Crippen molar-refractivity contribution in [2.24, 2.45) is 11.8 Å². The molecule has 200 valence electrons. The van der Waals surface area contributed by atoms with E-state index < -0.39 is 51.5 Å². The molecule has 3 aromatic rings. The lowest BCUT2D eigenvalue weighted by molar-refractivity contribution is -0.385. The van der Waals surface area contributed by atoms with Gasteiger partial charge in [0.15, 0.2) is 0 Å². The Morgan fingerprint density at radius 2 is 1.50 bits per heavy atom. The zero-order chi connectivity index (χ0) is 28.3. The van der Waals surface area contributed by atoms with Crippen LogP contribution in [0.15, 0.2) is 72.8 Å². The highest BCUT2D eigenvalue weighted by Crippen LogP contribution is 2.49. The predicted octanol–water partition coefficient (Wildman–Crippen LogP) is 3.84. The number of carbonyl (C=O) groups excluding carboxylic acids is 3. The molecule has 2 saturated heterocycles. The van der Waals surface area contributed by atoms with E-state index in [1.54, 1.807) is 24.0 Å². The molecule has 0 aliphatic carbocycles. The lowest BCUT2D eigenvalue weighted by Gasteiger charge is -2.36. The van der Waals surface area contributed by atoms with E-state index in [4.69, 9.17) is 0 Å². The summed E-state index contributed by atoms with van der Waals surface area (Å²) in [6.45, 7) is 1.65. The van der Waals surface area contributed by atoms with E-state index in [1.807, 2.05) is 24.3 Å². The van der Waals surface area contributed by atoms with Gasteiger partial charge in [0.2, 0.25) is 17.7 Å². The van der Waals surface area contributed by atoms with Gasteiger partial charge in [-0.3, -0.25) is 34.6 Å². The van der Waals surface area contributed by atoms with E-state index in [0.29, 0.717) is 16.9 Å². The maximum atomic E-state index is 14.0. The van der Waals surface area contributed by atoms with E-state index in [-0.39, 0.29) is 17.1 Å². The van der Waals surface area contributed by atoms with Gasteiger partial charge in [-0.05, 0) is 36.2 Å². The van der Waals surface area contributed by atoms with Crippen LogP contribution < -0.4 is 15.1 Å². The van der Waals surface area contributed by atoms with E-state index in [2.05, 4.69) is 5.32 Å². The topological polar surface area (TPSA) is 156 Å². The number of amides is 3. The van der Waals surface area contributed by atoms with Crippen LogP contribution >= 0.6 is 0 Å². The SMILES string of the molecule is Cc1ccc([N+](=O)[O-])cc1N1C(=O)C2C(C1=O)C(C(=O)Nc1ccc([N+](=O)[O-])cc1)N1c3ccccc3C=CC21. The summed E-state index contributed by atoms with van der Waals surface area (Å²) in [4.78, 5) is 65.8. The molecule has 4 atom stereocenters. The van der Waals surface area contributed by atoms with Crippen LogP contribution in [0.3, 0.4) is 0 Å². The number of anilines is 3. The standard InChI is InChI=1S/C28H21N5O7/c1-15-6-10-19(33(39)40)14-22(15)31-27(35)23-21-13-7-16-4-2-3-5-20(16)30(21)25(24(23)28(31)36)26(34)29-17-8-11-18(12-9-17)32(37)38/h2-14,21,23-25H,1H3,(H,29,34). The van der Waals surface area contributed by atoms with Crippen molar-refractivity contribution in [2.75, 3.05) is 15.1 Å². The van der Waals surface area contributed by atoms with Gasteiger partial charge < -0.3 is 10.2 Å². The summed E-state index contributed by atoms with van der Waals surface area (Å²) < 4.78 is 0. The molecule has 40 heavy (non-hydrogen) atoms. The largest absolute Gasteiger partial charge is 0.351 e. The van der Waals surface area contributed by atoms with Crippen molar-refractivity contribution in [1.82, 2.24) is 0 Å². The number of para-hydroxylation sites is 1. The predicted molar refractivity (Wildman–Crippen MR) is 145 cm³/mol. The van der Waals surface area contributed by atoms with Gasteiger partial charge in [-0.25, -0.2) is 4.90 Å². The maximum absolute atomic E-state index is 14.0. The Hall–Kier alpha value is -5.39. The number of imide groups is 1. The van der Waals surface area contributed by atoms with Crippen LogP contribution in [-0.4, -0.2) is 39.7 Å². The first-order valence-electron chi connectivity index (χ1n) is 12.4. The van der Waals surface area contributed by atoms with Gasteiger partial charge in [0.1, 0.15) is 6.04 Å². The van der Waals surface area contributed by atoms with Gasteiger partial charge in [-0.1, -0.05) is 36.4 Å². The van der Waals surface area contributed by atoms with Crippen molar-refractivity contribution in [1.29, 1.82) is 0 Å². The molecule has 0 radical (unpaired) electrons. The molecule has 0 bridgehead atoms. The fourth-order valence-electron chi connectivity index (χ4n) is 5.89. The Morgan fingerprint density at radius 3 is 2.20 bits per heavy atom. The molecule has 3 heterocycles. The molecule has 3 amide bonds. The van der Waals surface area contributed by atoms with Crippen molar-refractivity contribution in [2.45, 2.75) is 19.0 Å². The number of hydrogen-bond acceptors (Lipinski definition) is 8. The molecule has 3 aromatic carbocycles. The minimum absolute atomic E-state index is 0.111. The lowest BCUT2D eigenvalue weighted by Crippen LogP contribution is -2.50. The minimum atomic E-state index is -1.10. The average molecular weight is 540 g/mol. The summed E-state index contributed by atoms with van der Waals surface area (Å²) in [5, 5.41) is 25.2. The van der Waals surface area contributed by atoms with Crippen LogP contribution in [0.1, 0.15) is 11.1 Å². The van der Waals surface area contributed by atoms with E-state index in [1.165, 1.54) is 42.5 Å².